The largest absolute Gasteiger partial charge is 0.416 e. The van der Waals surface area contributed by atoms with E-state index in [2.05, 4.69) is 10.6 Å². The Morgan fingerprint density at radius 3 is 2.15 bits per heavy atom. The zero-order chi connectivity index (χ0) is 20.2. The Kier molecular flexibility index (Phi) is 5.93. The van der Waals surface area contributed by atoms with E-state index < -0.39 is 17.2 Å². The molecule has 144 valence electrons. The molecule has 4 nitrogen and oxygen atoms in total. The molecule has 0 aromatic heterocycles. The maximum atomic E-state index is 12.6. The lowest BCUT2D eigenvalue weighted by Crippen LogP contribution is -2.28. The van der Waals surface area contributed by atoms with Crippen LogP contribution in [-0.4, -0.2) is 11.8 Å². The summed E-state index contributed by atoms with van der Waals surface area (Å²) < 4.78 is 37.7. The Balaban J connectivity index is 2.00. The topological polar surface area (TPSA) is 58.2 Å². The van der Waals surface area contributed by atoms with Crippen molar-refractivity contribution in [3.63, 3.8) is 0 Å². The molecule has 0 atom stereocenters. The van der Waals surface area contributed by atoms with Crippen molar-refractivity contribution in [3.8, 4) is 0 Å². The quantitative estimate of drug-likeness (QED) is 0.816. The third-order valence-corrected chi connectivity index (χ3v) is 3.80. The lowest BCUT2D eigenvalue weighted by Gasteiger charge is -2.18. The molecule has 2 amide bonds. The van der Waals surface area contributed by atoms with Gasteiger partial charge in [0.05, 0.1) is 5.56 Å². The molecule has 0 unspecified atom stereocenters. The lowest BCUT2D eigenvalue weighted by molar-refractivity contribution is -0.137. The van der Waals surface area contributed by atoms with Crippen LogP contribution in [0.2, 0.25) is 0 Å². The second-order valence-corrected chi connectivity index (χ2v) is 7.16. The van der Waals surface area contributed by atoms with Gasteiger partial charge in [-0.25, -0.2) is 0 Å². The fraction of sp³-hybridized carbons (Fsp3) is 0.300. The second-order valence-electron chi connectivity index (χ2n) is 7.16. The molecule has 0 aliphatic heterocycles. The molecule has 0 heterocycles. The maximum absolute atomic E-state index is 12.6. The van der Waals surface area contributed by atoms with Crippen molar-refractivity contribution in [1.82, 2.24) is 5.32 Å². The van der Waals surface area contributed by atoms with E-state index >= 15 is 0 Å². The fourth-order valence-electron chi connectivity index (χ4n) is 2.15. The average Bonchev–Trinajstić information content (AvgIpc) is 2.58. The zero-order valence-corrected chi connectivity index (χ0v) is 15.3. The minimum Gasteiger partial charge on any atom is -0.348 e. The molecule has 27 heavy (non-hydrogen) atoms. The first-order valence-corrected chi connectivity index (χ1v) is 8.33. The number of hydrogen-bond donors (Lipinski definition) is 2. The zero-order valence-electron chi connectivity index (χ0n) is 15.3. The maximum Gasteiger partial charge on any atom is 0.416 e. The highest BCUT2D eigenvalue weighted by molar-refractivity contribution is 5.98. The Hall–Kier alpha value is -2.83. The highest BCUT2D eigenvalue weighted by atomic mass is 19.4. The summed E-state index contributed by atoms with van der Waals surface area (Å²) in [7, 11) is 0. The standard InChI is InChI=1S/C20H21F3N2O2/c1-19(2,3)18(27)25-16-6-4-5-14(11-16)17(26)24-12-13-7-9-15(10-8-13)20(21,22)23/h4-11H,12H2,1-3H3,(H,24,26)(H,25,27). The molecule has 2 aromatic rings. The number of rotatable bonds is 4. The number of nitrogens with one attached hydrogen (secondary N) is 2. The van der Waals surface area contributed by atoms with Gasteiger partial charge in [0.2, 0.25) is 5.91 Å². The summed E-state index contributed by atoms with van der Waals surface area (Å²) in [5.41, 5.74) is 0.0834. The number of carbonyl (C=O) groups excluding carboxylic acids is 2. The van der Waals surface area contributed by atoms with Crippen LogP contribution in [0.25, 0.3) is 0 Å². The first-order valence-electron chi connectivity index (χ1n) is 8.33. The molecule has 2 rings (SSSR count). The Bertz CT molecular complexity index is 822. The number of alkyl halides is 3. The molecule has 0 aliphatic rings. The van der Waals surface area contributed by atoms with Gasteiger partial charge in [-0.2, -0.15) is 13.2 Å². The summed E-state index contributed by atoms with van der Waals surface area (Å²) in [6, 6.07) is 11.1. The van der Waals surface area contributed by atoms with Gasteiger partial charge in [-0.15, -0.1) is 0 Å². The predicted molar refractivity (Wildman–Crippen MR) is 97.1 cm³/mol. The average molecular weight is 378 g/mol. The van der Waals surface area contributed by atoms with E-state index in [1.54, 1.807) is 45.0 Å². The monoisotopic (exact) mass is 378 g/mol. The van der Waals surface area contributed by atoms with Crippen molar-refractivity contribution in [2.45, 2.75) is 33.5 Å². The van der Waals surface area contributed by atoms with E-state index in [0.717, 1.165) is 12.1 Å². The van der Waals surface area contributed by atoms with Gasteiger partial charge < -0.3 is 10.6 Å². The first-order chi connectivity index (χ1) is 12.5. The highest BCUT2D eigenvalue weighted by Gasteiger charge is 2.29. The van der Waals surface area contributed by atoms with Crippen LogP contribution in [0, 0.1) is 5.41 Å². The van der Waals surface area contributed by atoms with E-state index in [4.69, 9.17) is 0 Å². The molecule has 2 aromatic carbocycles. The van der Waals surface area contributed by atoms with Crippen molar-refractivity contribution in [1.29, 1.82) is 0 Å². The molecular weight excluding hydrogens is 357 g/mol. The van der Waals surface area contributed by atoms with Crippen LogP contribution in [-0.2, 0) is 17.5 Å². The number of anilines is 1. The van der Waals surface area contributed by atoms with Gasteiger partial charge in [-0.05, 0) is 35.9 Å². The number of halogens is 3. The van der Waals surface area contributed by atoms with Crippen molar-refractivity contribution in [3.05, 3.63) is 65.2 Å². The van der Waals surface area contributed by atoms with Crippen LogP contribution in [0.4, 0.5) is 18.9 Å². The van der Waals surface area contributed by atoms with Crippen LogP contribution in [0.3, 0.4) is 0 Å². The molecule has 0 saturated carbocycles. The summed E-state index contributed by atoms with van der Waals surface area (Å²) >= 11 is 0. The molecule has 0 radical (unpaired) electrons. The molecule has 0 fully saturated rings. The third kappa shape index (κ3) is 5.84. The van der Waals surface area contributed by atoms with Gasteiger partial charge in [-0.3, -0.25) is 9.59 Å². The Morgan fingerprint density at radius 1 is 0.963 bits per heavy atom. The molecule has 2 N–H and O–H groups in total. The van der Waals surface area contributed by atoms with Gasteiger partial charge in [0, 0.05) is 23.2 Å². The van der Waals surface area contributed by atoms with E-state index in [1.165, 1.54) is 12.1 Å². The summed E-state index contributed by atoms with van der Waals surface area (Å²) in [6.45, 7) is 5.43. The lowest BCUT2D eigenvalue weighted by atomic mass is 9.95. The Morgan fingerprint density at radius 2 is 1.59 bits per heavy atom. The van der Waals surface area contributed by atoms with Gasteiger partial charge in [0.15, 0.2) is 0 Å². The summed E-state index contributed by atoms with van der Waals surface area (Å²) in [5, 5.41) is 5.40. The summed E-state index contributed by atoms with van der Waals surface area (Å²) in [4.78, 5) is 24.3. The second kappa shape index (κ2) is 7.82. The smallest absolute Gasteiger partial charge is 0.348 e. The number of hydrogen-bond acceptors (Lipinski definition) is 2. The minimum absolute atomic E-state index is 0.0928. The highest BCUT2D eigenvalue weighted by Crippen LogP contribution is 2.29. The van der Waals surface area contributed by atoms with E-state index in [1.807, 2.05) is 0 Å². The van der Waals surface area contributed by atoms with Crippen LogP contribution < -0.4 is 10.6 Å². The molecule has 7 heteroatoms. The molecule has 0 spiro atoms. The van der Waals surface area contributed by atoms with Crippen LogP contribution in [0.15, 0.2) is 48.5 Å². The molecule has 0 saturated heterocycles. The van der Waals surface area contributed by atoms with Gasteiger partial charge in [0.25, 0.3) is 5.91 Å². The SMILES string of the molecule is CC(C)(C)C(=O)Nc1cccc(C(=O)NCc2ccc(C(F)(F)F)cc2)c1. The van der Waals surface area contributed by atoms with Crippen LogP contribution in [0.1, 0.15) is 42.3 Å². The number of amides is 2. The van der Waals surface area contributed by atoms with E-state index in [-0.39, 0.29) is 18.4 Å². The predicted octanol–water partition coefficient (Wildman–Crippen LogP) is 4.62. The van der Waals surface area contributed by atoms with Crippen LogP contribution >= 0.6 is 0 Å². The van der Waals surface area contributed by atoms with Crippen molar-refractivity contribution in [2.75, 3.05) is 5.32 Å². The summed E-state index contributed by atoms with van der Waals surface area (Å²) in [5.74, 6) is -0.563. The van der Waals surface area contributed by atoms with E-state index in [0.29, 0.717) is 16.8 Å². The number of carbonyl (C=O) groups is 2. The molecule has 0 aliphatic carbocycles. The van der Waals surface area contributed by atoms with E-state index in [9.17, 15) is 22.8 Å². The van der Waals surface area contributed by atoms with Crippen molar-refractivity contribution < 1.29 is 22.8 Å². The van der Waals surface area contributed by atoms with Crippen molar-refractivity contribution in [2.24, 2.45) is 5.41 Å². The van der Waals surface area contributed by atoms with Gasteiger partial charge >= 0.3 is 6.18 Å². The Labute approximate surface area is 155 Å². The van der Waals surface area contributed by atoms with Crippen molar-refractivity contribution >= 4 is 17.5 Å². The normalized spacial score (nSPS) is 11.8. The number of benzene rings is 2. The molecule has 0 bridgehead atoms. The minimum atomic E-state index is -4.39. The molecular formula is C20H21F3N2O2. The third-order valence-electron chi connectivity index (χ3n) is 3.80. The van der Waals surface area contributed by atoms with Crippen LogP contribution in [0.5, 0.6) is 0 Å². The first kappa shape index (κ1) is 20.5. The van der Waals surface area contributed by atoms with Gasteiger partial charge in [-0.1, -0.05) is 39.0 Å². The summed E-state index contributed by atoms with van der Waals surface area (Å²) in [6.07, 6.45) is -4.39. The van der Waals surface area contributed by atoms with Gasteiger partial charge in [0.1, 0.15) is 0 Å². The fourth-order valence-corrected chi connectivity index (χ4v) is 2.15.